The van der Waals surface area contributed by atoms with Crippen LogP contribution >= 0.6 is 11.6 Å². The van der Waals surface area contributed by atoms with E-state index in [0.29, 0.717) is 23.1 Å². The Bertz CT molecular complexity index is 639. The molecule has 1 N–H and O–H groups in total. The summed E-state index contributed by atoms with van der Waals surface area (Å²) in [4.78, 5) is 0. The molecule has 0 radical (unpaired) electrons. The Morgan fingerprint density at radius 1 is 1.15 bits per heavy atom. The molecule has 1 aromatic rings. The second kappa shape index (κ2) is 7.83. The van der Waals surface area contributed by atoms with Crippen molar-refractivity contribution in [2.24, 2.45) is 23.2 Å². The average Bonchev–Trinajstić information content (AvgIpc) is 2.63. The molecule has 0 saturated heterocycles. The van der Waals surface area contributed by atoms with E-state index in [-0.39, 0.29) is 0 Å². The van der Waals surface area contributed by atoms with Gasteiger partial charge < -0.3 is 14.8 Å². The van der Waals surface area contributed by atoms with Crippen molar-refractivity contribution in [1.82, 2.24) is 5.32 Å². The van der Waals surface area contributed by atoms with E-state index in [9.17, 15) is 0 Å². The van der Waals surface area contributed by atoms with Crippen LogP contribution in [0.1, 0.15) is 64.4 Å². The summed E-state index contributed by atoms with van der Waals surface area (Å²) >= 11 is 6.34. The maximum atomic E-state index is 6.34. The van der Waals surface area contributed by atoms with E-state index in [1.807, 2.05) is 12.1 Å². The van der Waals surface area contributed by atoms with Crippen molar-refractivity contribution < 1.29 is 9.47 Å². The molecule has 27 heavy (non-hydrogen) atoms. The minimum Gasteiger partial charge on any atom is -0.493 e. The Balaban J connectivity index is 1.49. The predicted octanol–water partition coefficient (Wildman–Crippen LogP) is 5.83. The molecular formula is C23H34ClNO2. The monoisotopic (exact) mass is 391 g/mol. The third-order valence-corrected chi connectivity index (χ3v) is 7.59. The van der Waals surface area contributed by atoms with Gasteiger partial charge in [0.1, 0.15) is 0 Å². The zero-order valence-electron chi connectivity index (χ0n) is 17.0. The Kier molecular flexibility index (Phi) is 5.62. The van der Waals surface area contributed by atoms with Crippen LogP contribution in [0.25, 0.3) is 0 Å². The Morgan fingerprint density at radius 2 is 1.78 bits per heavy atom. The molecular weight excluding hydrogens is 358 g/mol. The SMILES string of the molecule is CCCOc1c(CNC(C)C23CC4CC(CC(C4)C2)C3)cc(Cl)cc1OC. The van der Waals surface area contributed by atoms with Crippen molar-refractivity contribution in [2.45, 2.75) is 71.4 Å². The molecule has 4 bridgehead atoms. The number of hydrogen-bond acceptors (Lipinski definition) is 3. The lowest BCUT2D eigenvalue weighted by Crippen LogP contribution is -2.54. The highest BCUT2D eigenvalue weighted by Gasteiger charge is 2.52. The van der Waals surface area contributed by atoms with E-state index < -0.39 is 0 Å². The van der Waals surface area contributed by atoms with Crippen LogP contribution in [0, 0.1) is 23.2 Å². The second-order valence-corrected chi connectivity index (χ2v) is 9.76. The molecule has 1 aromatic carbocycles. The smallest absolute Gasteiger partial charge is 0.165 e. The molecule has 4 fully saturated rings. The zero-order valence-corrected chi connectivity index (χ0v) is 17.8. The zero-order chi connectivity index (χ0) is 19.0. The minimum absolute atomic E-state index is 0.502. The quantitative estimate of drug-likeness (QED) is 0.604. The molecule has 0 spiro atoms. The Hall–Kier alpha value is -0.930. The summed E-state index contributed by atoms with van der Waals surface area (Å²) in [6.07, 6.45) is 9.72. The number of ether oxygens (including phenoxy) is 2. The number of methoxy groups -OCH3 is 1. The van der Waals surface area contributed by atoms with Gasteiger partial charge in [-0.1, -0.05) is 18.5 Å². The first-order valence-electron chi connectivity index (χ1n) is 10.8. The van der Waals surface area contributed by atoms with E-state index in [2.05, 4.69) is 19.2 Å². The van der Waals surface area contributed by atoms with E-state index in [4.69, 9.17) is 21.1 Å². The van der Waals surface area contributed by atoms with Crippen molar-refractivity contribution in [1.29, 1.82) is 0 Å². The summed E-state index contributed by atoms with van der Waals surface area (Å²) in [6, 6.07) is 4.39. The van der Waals surface area contributed by atoms with Crippen LogP contribution in [0.3, 0.4) is 0 Å². The second-order valence-electron chi connectivity index (χ2n) is 9.33. The molecule has 4 heteroatoms. The first kappa shape index (κ1) is 19.4. The molecule has 0 aliphatic heterocycles. The largest absolute Gasteiger partial charge is 0.493 e. The average molecular weight is 392 g/mol. The van der Waals surface area contributed by atoms with Crippen LogP contribution in [0.4, 0.5) is 0 Å². The molecule has 4 saturated carbocycles. The molecule has 1 unspecified atom stereocenters. The third-order valence-electron chi connectivity index (χ3n) is 7.37. The molecule has 4 aliphatic carbocycles. The van der Waals surface area contributed by atoms with Crippen molar-refractivity contribution in [3.63, 3.8) is 0 Å². The summed E-state index contributed by atoms with van der Waals surface area (Å²) in [6.45, 7) is 5.99. The lowest BCUT2D eigenvalue weighted by Gasteiger charge is -2.59. The van der Waals surface area contributed by atoms with Gasteiger partial charge in [0.2, 0.25) is 0 Å². The summed E-state index contributed by atoms with van der Waals surface area (Å²) in [5.41, 5.74) is 1.60. The summed E-state index contributed by atoms with van der Waals surface area (Å²) in [7, 11) is 1.68. The van der Waals surface area contributed by atoms with Gasteiger partial charge in [-0.3, -0.25) is 0 Å². The fourth-order valence-electron chi connectivity index (χ4n) is 6.46. The van der Waals surface area contributed by atoms with Crippen LogP contribution < -0.4 is 14.8 Å². The van der Waals surface area contributed by atoms with Gasteiger partial charge in [-0.25, -0.2) is 0 Å². The van der Waals surface area contributed by atoms with Gasteiger partial charge in [0.05, 0.1) is 13.7 Å². The maximum Gasteiger partial charge on any atom is 0.165 e. The van der Waals surface area contributed by atoms with Crippen LogP contribution in [0.5, 0.6) is 11.5 Å². The van der Waals surface area contributed by atoms with Gasteiger partial charge in [0, 0.05) is 29.2 Å². The normalized spacial score (nSPS) is 32.5. The van der Waals surface area contributed by atoms with Crippen molar-refractivity contribution in [2.75, 3.05) is 13.7 Å². The number of benzene rings is 1. The van der Waals surface area contributed by atoms with Gasteiger partial charge >= 0.3 is 0 Å². The molecule has 0 amide bonds. The molecule has 0 heterocycles. The number of nitrogens with one attached hydrogen (secondary N) is 1. The minimum atomic E-state index is 0.502. The van der Waals surface area contributed by atoms with Crippen LogP contribution in [0.2, 0.25) is 5.02 Å². The van der Waals surface area contributed by atoms with Crippen LogP contribution in [-0.4, -0.2) is 19.8 Å². The summed E-state index contributed by atoms with van der Waals surface area (Å²) in [5.74, 6) is 4.52. The molecule has 150 valence electrons. The first-order valence-corrected chi connectivity index (χ1v) is 11.1. The fraction of sp³-hybridized carbons (Fsp3) is 0.739. The molecule has 4 aliphatic rings. The Morgan fingerprint density at radius 3 is 2.33 bits per heavy atom. The molecule has 1 atom stereocenters. The Labute approximate surface area is 169 Å². The van der Waals surface area contributed by atoms with Gasteiger partial charge in [0.15, 0.2) is 11.5 Å². The lowest BCUT2D eigenvalue weighted by atomic mass is 9.48. The highest BCUT2D eigenvalue weighted by molar-refractivity contribution is 6.30. The number of rotatable bonds is 8. The maximum absolute atomic E-state index is 6.34. The lowest BCUT2D eigenvalue weighted by molar-refractivity contribution is -0.0706. The standard InChI is InChI=1S/C23H34ClNO2/c1-4-5-27-22-19(9-20(24)10-21(22)26-3)14-25-15(2)23-11-16-6-17(12-23)8-18(7-16)13-23/h9-10,15-18,25H,4-8,11-14H2,1-3H3. The van der Waals surface area contributed by atoms with E-state index in [0.717, 1.165) is 47.8 Å². The first-order chi connectivity index (χ1) is 13.0. The van der Waals surface area contributed by atoms with Crippen LogP contribution in [-0.2, 0) is 6.54 Å². The van der Waals surface area contributed by atoms with Gasteiger partial charge in [0.25, 0.3) is 0 Å². The van der Waals surface area contributed by atoms with Crippen molar-refractivity contribution in [3.05, 3.63) is 22.7 Å². The van der Waals surface area contributed by atoms with Crippen molar-refractivity contribution in [3.8, 4) is 11.5 Å². The summed E-state index contributed by atoms with van der Waals surface area (Å²) in [5, 5.41) is 4.56. The van der Waals surface area contributed by atoms with E-state index in [1.165, 1.54) is 38.5 Å². The molecule has 0 aromatic heterocycles. The van der Waals surface area contributed by atoms with E-state index in [1.54, 1.807) is 7.11 Å². The summed E-state index contributed by atoms with van der Waals surface area (Å²) < 4.78 is 11.6. The van der Waals surface area contributed by atoms with Gasteiger partial charge in [-0.2, -0.15) is 0 Å². The highest BCUT2D eigenvalue weighted by atomic mass is 35.5. The van der Waals surface area contributed by atoms with Crippen LogP contribution in [0.15, 0.2) is 12.1 Å². The number of halogens is 1. The van der Waals surface area contributed by atoms with Crippen molar-refractivity contribution >= 4 is 11.6 Å². The molecule has 5 rings (SSSR count). The van der Waals surface area contributed by atoms with Gasteiger partial charge in [-0.05, 0) is 81.1 Å². The number of hydrogen-bond donors (Lipinski definition) is 1. The third kappa shape index (κ3) is 3.82. The van der Waals surface area contributed by atoms with E-state index >= 15 is 0 Å². The fourth-order valence-corrected chi connectivity index (χ4v) is 6.69. The predicted molar refractivity (Wildman–Crippen MR) is 111 cm³/mol. The highest BCUT2D eigenvalue weighted by Crippen LogP contribution is 2.61. The van der Waals surface area contributed by atoms with Gasteiger partial charge in [-0.15, -0.1) is 0 Å². The molecule has 3 nitrogen and oxygen atoms in total. The topological polar surface area (TPSA) is 30.5 Å².